The third kappa shape index (κ3) is 3.55. The van der Waals surface area contributed by atoms with E-state index < -0.39 is 11.6 Å². The van der Waals surface area contributed by atoms with Crippen molar-refractivity contribution in [1.29, 1.82) is 0 Å². The van der Waals surface area contributed by atoms with Crippen LogP contribution in [0.15, 0.2) is 46.2 Å². The van der Waals surface area contributed by atoms with Crippen LogP contribution in [0.1, 0.15) is 11.1 Å². The Morgan fingerprint density at radius 1 is 1.11 bits per heavy atom. The fraction of sp³-hybridized carbons (Fsp3) is 0.200. The highest BCUT2D eigenvalue weighted by Gasteiger charge is 2.07. The smallest absolute Gasteiger partial charge is 0.137 e. The lowest BCUT2D eigenvalue weighted by molar-refractivity contribution is 0.577. The Labute approximate surface area is 116 Å². The zero-order valence-corrected chi connectivity index (χ0v) is 11.7. The molecule has 0 heterocycles. The molecule has 19 heavy (non-hydrogen) atoms. The molecule has 2 aromatic carbocycles. The second kappa shape index (κ2) is 6.17. The molecule has 0 unspecified atom stereocenters. The van der Waals surface area contributed by atoms with E-state index in [-0.39, 0.29) is 0 Å². The van der Waals surface area contributed by atoms with Crippen LogP contribution in [0.5, 0.6) is 0 Å². The summed E-state index contributed by atoms with van der Waals surface area (Å²) in [5, 5.41) is 3.09. The molecule has 4 heteroatoms. The second-order valence-electron chi connectivity index (χ2n) is 4.30. The van der Waals surface area contributed by atoms with Crippen molar-refractivity contribution in [2.45, 2.75) is 23.3 Å². The molecule has 0 radical (unpaired) electrons. The standard InChI is InChI=1S/C15H15F2NS/c1-10-7-13(5-3-11(10)9-18-2)19-15-8-12(16)4-6-14(15)17/h3-8,18H,9H2,1-2H3. The lowest BCUT2D eigenvalue weighted by atomic mass is 10.1. The Bertz CT molecular complexity index is 584. The third-order valence-corrected chi connectivity index (χ3v) is 3.82. The van der Waals surface area contributed by atoms with E-state index >= 15 is 0 Å². The highest BCUT2D eigenvalue weighted by molar-refractivity contribution is 7.99. The van der Waals surface area contributed by atoms with Crippen LogP contribution >= 0.6 is 11.8 Å². The predicted octanol–water partition coefficient (Wildman–Crippen LogP) is 4.14. The molecular formula is C15H15F2NS. The first-order valence-electron chi connectivity index (χ1n) is 5.97. The van der Waals surface area contributed by atoms with E-state index in [2.05, 4.69) is 5.32 Å². The van der Waals surface area contributed by atoms with Crippen LogP contribution in [0.3, 0.4) is 0 Å². The van der Waals surface area contributed by atoms with Gasteiger partial charge in [-0.3, -0.25) is 0 Å². The van der Waals surface area contributed by atoms with Crippen molar-refractivity contribution in [1.82, 2.24) is 5.32 Å². The van der Waals surface area contributed by atoms with Crippen molar-refractivity contribution in [3.8, 4) is 0 Å². The van der Waals surface area contributed by atoms with Crippen LogP contribution in [0, 0.1) is 18.6 Å². The minimum Gasteiger partial charge on any atom is -0.316 e. The van der Waals surface area contributed by atoms with Crippen LogP contribution in [0.2, 0.25) is 0 Å². The van der Waals surface area contributed by atoms with Gasteiger partial charge in [0.05, 0.1) is 4.90 Å². The molecule has 100 valence electrons. The van der Waals surface area contributed by atoms with E-state index in [4.69, 9.17) is 0 Å². The summed E-state index contributed by atoms with van der Waals surface area (Å²) in [6.45, 7) is 2.81. The highest BCUT2D eigenvalue weighted by Crippen LogP contribution is 2.31. The SMILES string of the molecule is CNCc1ccc(Sc2cc(F)ccc2F)cc1C. The monoisotopic (exact) mass is 279 g/mol. The van der Waals surface area contributed by atoms with E-state index in [1.807, 2.05) is 32.2 Å². The van der Waals surface area contributed by atoms with Crippen molar-refractivity contribution in [2.75, 3.05) is 7.05 Å². The molecule has 0 atom stereocenters. The van der Waals surface area contributed by atoms with E-state index in [0.29, 0.717) is 4.90 Å². The molecule has 2 rings (SSSR count). The Morgan fingerprint density at radius 3 is 2.58 bits per heavy atom. The lowest BCUT2D eigenvalue weighted by Gasteiger charge is -2.08. The van der Waals surface area contributed by atoms with E-state index in [9.17, 15) is 8.78 Å². The number of rotatable bonds is 4. The first-order chi connectivity index (χ1) is 9.10. The number of nitrogens with one attached hydrogen (secondary N) is 1. The maximum Gasteiger partial charge on any atom is 0.137 e. The first-order valence-corrected chi connectivity index (χ1v) is 6.79. The molecule has 0 aliphatic heterocycles. The Kier molecular flexibility index (Phi) is 4.56. The molecule has 0 amide bonds. The van der Waals surface area contributed by atoms with E-state index in [1.54, 1.807) is 0 Å². The summed E-state index contributed by atoms with van der Waals surface area (Å²) < 4.78 is 26.7. The van der Waals surface area contributed by atoms with Gasteiger partial charge in [-0.05, 0) is 55.4 Å². The number of halogens is 2. The summed E-state index contributed by atoms with van der Waals surface area (Å²) in [5.74, 6) is -0.823. The van der Waals surface area contributed by atoms with Crippen LogP contribution in [0.25, 0.3) is 0 Å². The summed E-state index contributed by atoms with van der Waals surface area (Å²) in [6, 6.07) is 9.42. The third-order valence-electron chi connectivity index (χ3n) is 2.80. The average Bonchev–Trinajstić information content (AvgIpc) is 2.37. The van der Waals surface area contributed by atoms with Gasteiger partial charge >= 0.3 is 0 Å². The number of hydrogen-bond donors (Lipinski definition) is 1. The van der Waals surface area contributed by atoms with Gasteiger partial charge in [0, 0.05) is 11.4 Å². The van der Waals surface area contributed by atoms with Gasteiger partial charge < -0.3 is 5.32 Å². The predicted molar refractivity (Wildman–Crippen MR) is 74.4 cm³/mol. The number of hydrogen-bond acceptors (Lipinski definition) is 2. The van der Waals surface area contributed by atoms with Gasteiger partial charge in [-0.2, -0.15) is 0 Å². The molecule has 0 aliphatic rings. The second-order valence-corrected chi connectivity index (χ2v) is 5.41. The van der Waals surface area contributed by atoms with Crippen LogP contribution < -0.4 is 5.32 Å². The molecule has 0 saturated heterocycles. The normalized spacial score (nSPS) is 10.7. The first kappa shape index (κ1) is 14.0. The average molecular weight is 279 g/mol. The molecular weight excluding hydrogens is 264 g/mol. The van der Waals surface area contributed by atoms with Gasteiger partial charge in [-0.1, -0.05) is 17.8 Å². The van der Waals surface area contributed by atoms with Crippen molar-refractivity contribution in [3.05, 3.63) is 59.2 Å². The molecule has 0 aromatic heterocycles. The molecule has 2 aromatic rings. The quantitative estimate of drug-likeness (QED) is 0.902. The zero-order chi connectivity index (χ0) is 13.8. The Morgan fingerprint density at radius 2 is 1.89 bits per heavy atom. The Balaban J connectivity index is 2.24. The van der Waals surface area contributed by atoms with Gasteiger partial charge in [-0.15, -0.1) is 0 Å². The largest absolute Gasteiger partial charge is 0.316 e. The van der Waals surface area contributed by atoms with Gasteiger partial charge in [0.1, 0.15) is 11.6 Å². The maximum absolute atomic E-state index is 13.6. The fourth-order valence-corrected chi connectivity index (χ4v) is 2.77. The molecule has 0 fully saturated rings. The van der Waals surface area contributed by atoms with E-state index in [1.165, 1.54) is 23.4 Å². The van der Waals surface area contributed by atoms with Crippen LogP contribution in [0.4, 0.5) is 8.78 Å². The molecule has 0 aliphatic carbocycles. The van der Waals surface area contributed by atoms with Gasteiger partial charge in [0.2, 0.25) is 0 Å². The molecule has 0 spiro atoms. The van der Waals surface area contributed by atoms with Gasteiger partial charge in [0.25, 0.3) is 0 Å². The van der Waals surface area contributed by atoms with Crippen molar-refractivity contribution >= 4 is 11.8 Å². The van der Waals surface area contributed by atoms with Crippen molar-refractivity contribution in [3.63, 3.8) is 0 Å². The molecule has 1 N–H and O–H groups in total. The van der Waals surface area contributed by atoms with Crippen molar-refractivity contribution < 1.29 is 8.78 Å². The van der Waals surface area contributed by atoms with Crippen molar-refractivity contribution in [2.24, 2.45) is 0 Å². The topological polar surface area (TPSA) is 12.0 Å². The number of aryl methyl sites for hydroxylation is 1. The highest BCUT2D eigenvalue weighted by atomic mass is 32.2. The molecule has 0 saturated carbocycles. The minimum atomic E-state index is -0.424. The fourth-order valence-electron chi connectivity index (χ4n) is 1.80. The molecule has 0 bridgehead atoms. The van der Waals surface area contributed by atoms with Crippen LogP contribution in [-0.4, -0.2) is 7.05 Å². The summed E-state index contributed by atoms with van der Waals surface area (Å²) in [4.78, 5) is 1.21. The lowest BCUT2D eigenvalue weighted by Crippen LogP contribution is -2.06. The summed E-state index contributed by atoms with van der Waals surface area (Å²) >= 11 is 1.23. The molecule has 1 nitrogen and oxygen atoms in total. The minimum absolute atomic E-state index is 0.306. The Hall–Kier alpha value is -1.39. The van der Waals surface area contributed by atoms with Gasteiger partial charge in [0.15, 0.2) is 0 Å². The number of benzene rings is 2. The van der Waals surface area contributed by atoms with E-state index in [0.717, 1.165) is 29.1 Å². The summed E-state index contributed by atoms with van der Waals surface area (Å²) in [5.41, 5.74) is 2.34. The zero-order valence-electron chi connectivity index (χ0n) is 10.8. The van der Waals surface area contributed by atoms with Crippen LogP contribution in [-0.2, 0) is 6.54 Å². The maximum atomic E-state index is 13.6. The summed E-state index contributed by atoms with van der Waals surface area (Å²) in [6.07, 6.45) is 0. The van der Waals surface area contributed by atoms with Gasteiger partial charge in [-0.25, -0.2) is 8.78 Å². The summed E-state index contributed by atoms with van der Waals surface area (Å²) in [7, 11) is 1.89.